The van der Waals surface area contributed by atoms with Crippen molar-refractivity contribution >= 4 is 5.91 Å². The molecule has 0 spiro atoms. The maximum Gasteiger partial charge on any atom is 0.225 e. The molecule has 1 aliphatic rings. The van der Waals surface area contributed by atoms with Crippen LogP contribution in [0, 0.1) is 5.92 Å². The van der Waals surface area contributed by atoms with Crippen molar-refractivity contribution in [2.45, 2.75) is 13.0 Å². The molecule has 2 heterocycles. The second kappa shape index (κ2) is 4.28. The normalized spacial score (nSPS) is 21.0. The molecule has 4 heteroatoms. The molecular formula is C10H13NO3. The van der Waals surface area contributed by atoms with E-state index < -0.39 is 0 Å². The lowest BCUT2D eigenvalue weighted by Gasteiger charge is -2.07. The molecule has 1 N–H and O–H groups in total. The Labute approximate surface area is 82.2 Å². The molecule has 14 heavy (non-hydrogen) atoms. The molecule has 2 rings (SSSR count). The number of rotatable bonds is 3. The maximum atomic E-state index is 11.5. The summed E-state index contributed by atoms with van der Waals surface area (Å²) in [6.07, 6.45) is 2.42. The van der Waals surface area contributed by atoms with Gasteiger partial charge in [0.25, 0.3) is 0 Å². The topological polar surface area (TPSA) is 51.5 Å². The molecule has 0 bridgehead atoms. The number of furan rings is 1. The van der Waals surface area contributed by atoms with Gasteiger partial charge in [0, 0.05) is 6.61 Å². The highest BCUT2D eigenvalue weighted by molar-refractivity contribution is 5.78. The van der Waals surface area contributed by atoms with Crippen LogP contribution >= 0.6 is 0 Å². The Morgan fingerprint density at radius 1 is 1.64 bits per heavy atom. The molecule has 76 valence electrons. The van der Waals surface area contributed by atoms with Crippen molar-refractivity contribution in [1.29, 1.82) is 0 Å². The van der Waals surface area contributed by atoms with Crippen LogP contribution in [0.25, 0.3) is 0 Å². The molecule has 0 unspecified atom stereocenters. The Morgan fingerprint density at radius 2 is 2.57 bits per heavy atom. The van der Waals surface area contributed by atoms with E-state index in [0.29, 0.717) is 19.8 Å². The molecule has 0 aromatic carbocycles. The van der Waals surface area contributed by atoms with Gasteiger partial charge in [0.15, 0.2) is 0 Å². The summed E-state index contributed by atoms with van der Waals surface area (Å²) in [5.74, 6) is 0.848. The van der Waals surface area contributed by atoms with E-state index in [1.54, 1.807) is 12.3 Å². The first-order valence-corrected chi connectivity index (χ1v) is 4.74. The van der Waals surface area contributed by atoms with Gasteiger partial charge in [-0.2, -0.15) is 0 Å². The predicted octanol–water partition coefficient (Wildman–Crippen LogP) is 0.932. The summed E-state index contributed by atoms with van der Waals surface area (Å²) in [6, 6.07) is 3.64. The number of carbonyl (C=O) groups excluding carboxylic acids is 1. The zero-order valence-corrected chi connectivity index (χ0v) is 7.86. The molecule has 1 aromatic rings. The van der Waals surface area contributed by atoms with E-state index >= 15 is 0 Å². The Balaban J connectivity index is 1.77. The summed E-state index contributed by atoms with van der Waals surface area (Å²) in [5.41, 5.74) is 0. The van der Waals surface area contributed by atoms with E-state index in [0.717, 1.165) is 12.2 Å². The Hall–Kier alpha value is -1.29. The highest BCUT2D eigenvalue weighted by Crippen LogP contribution is 2.12. The van der Waals surface area contributed by atoms with Gasteiger partial charge < -0.3 is 14.5 Å². The van der Waals surface area contributed by atoms with Gasteiger partial charge in [0.05, 0.1) is 25.3 Å². The van der Waals surface area contributed by atoms with Gasteiger partial charge in [-0.3, -0.25) is 4.79 Å². The number of carbonyl (C=O) groups is 1. The van der Waals surface area contributed by atoms with Crippen molar-refractivity contribution in [2.75, 3.05) is 13.2 Å². The fourth-order valence-corrected chi connectivity index (χ4v) is 1.47. The standard InChI is InChI=1S/C10H13NO3/c12-10(8-3-5-13-7-8)11-6-9-2-1-4-14-9/h1-2,4,8H,3,5-7H2,(H,11,12)/t8-/m0/s1. The lowest BCUT2D eigenvalue weighted by molar-refractivity contribution is -0.125. The third kappa shape index (κ3) is 2.14. The Morgan fingerprint density at radius 3 is 3.21 bits per heavy atom. The molecule has 4 nitrogen and oxygen atoms in total. The first-order valence-electron chi connectivity index (χ1n) is 4.74. The summed E-state index contributed by atoms with van der Waals surface area (Å²) in [4.78, 5) is 11.5. The molecule has 1 saturated heterocycles. The van der Waals surface area contributed by atoms with Gasteiger partial charge in [0.1, 0.15) is 5.76 Å². The number of hydrogen-bond acceptors (Lipinski definition) is 3. The quantitative estimate of drug-likeness (QED) is 0.780. The van der Waals surface area contributed by atoms with Crippen LogP contribution in [-0.4, -0.2) is 19.1 Å². The first-order chi connectivity index (χ1) is 6.86. The van der Waals surface area contributed by atoms with Crippen molar-refractivity contribution in [3.63, 3.8) is 0 Å². The molecule has 0 aliphatic carbocycles. The van der Waals surface area contributed by atoms with Crippen LogP contribution in [0.15, 0.2) is 22.8 Å². The zero-order chi connectivity index (χ0) is 9.80. The summed E-state index contributed by atoms with van der Waals surface area (Å²) in [6.45, 7) is 1.70. The van der Waals surface area contributed by atoms with E-state index in [4.69, 9.17) is 9.15 Å². The molecule has 1 amide bonds. The Bertz CT molecular complexity index is 288. The van der Waals surface area contributed by atoms with Crippen LogP contribution in [0.2, 0.25) is 0 Å². The minimum absolute atomic E-state index is 0.0185. The number of amides is 1. The van der Waals surface area contributed by atoms with Gasteiger partial charge in [-0.1, -0.05) is 0 Å². The smallest absolute Gasteiger partial charge is 0.225 e. The number of hydrogen-bond donors (Lipinski definition) is 1. The van der Waals surface area contributed by atoms with Crippen molar-refractivity contribution in [1.82, 2.24) is 5.32 Å². The summed E-state index contributed by atoms with van der Waals surface area (Å²) >= 11 is 0. The average Bonchev–Trinajstić information content (AvgIpc) is 2.87. The maximum absolute atomic E-state index is 11.5. The van der Waals surface area contributed by atoms with Crippen LogP contribution in [0.4, 0.5) is 0 Å². The predicted molar refractivity (Wildman–Crippen MR) is 49.5 cm³/mol. The van der Waals surface area contributed by atoms with Crippen LogP contribution in [0.3, 0.4) is 0 Å². The molecule has 1 fully saturated rings. The molecule has 1 aliphatic heterocycles. The van der Waals surface area contributed by atoms with E-state index in [1.807, 2.05) is 6.07 Å². The molecular weight excluding hydrogens is 182 g/mol. The molecule has 0 radical (unpaired) electrons. The lowest BCUT2D eigenvalue weighted by Crippen LogP contribution is -2.30. The molecule has 0 saturated carbocycles. The third-order valence-corrected chi connectivity index (χ3v) is 2.32. The summed E-state index contributed by atoms with van der Waals surface area (Å²) in [7, 11) is 0. The van der Waals surface area contributed by atoms with Gasteiger partial charge in [0.2, 0.25) is 5.91 Å². The zero-order valence-electron chi connectivity index (χ0n) is 7.86. The monoisotopic (exact) mass is 195 g/mol. The van der Waals surface area contributed by atoms with Gasteiger partial charge in [-0.05, 0) is 18.6 Å². The van der Waals surface area contributed by atoms with Gasteiger partial charge in [-0.25, -0.2) is 0 Å². The second-order valence-corrected chi connectivity index (χ2v) is 3.36. The third-order valence-electron chi connectivity index (χ3n) is 2.32. The minimum atomic E-state index is 0.0185. The largest absolute Gasteiger partial charge is 0.467 e. The summed E-state index contributed by atoms with van der Waals surface area (Å²) < 4.78 is 10.2. The van der Waals surface area contributed by atoms with Crippen LogP contribution < -0.4 is 5.32 Å². The second-order valence-electron chi connectivity index (χ2n) is 3.36. The van der Waals surface area contributed by atoms with Crippen molar-refractivity contribution in [2.24, 2.45) is 5.92 Å². The minimum Gasteiger partial charge on any atom is -0.467 e. The number of nitrogens with one attached hydrogen (secondary N) is 1. The van der Waals surface area contributed by atoms with Crippen LogP contribution in [0.5, 0.6) is 0 Å². The fraction of sp³-hybridized carbons (Fsp3) is 0.500. The van der Waals surface area contributed by atoms with Crippen LogP contribution in [-0.2, 0) is 16.1 Å². The van der Waals surface area contributed by atoms with E-state index in [-0.39, 0.29) is 11.8 Å². The Kier molecular flexibility index (Phi) is 2.84. The van der Waals surface area contributed by atoms with E-state index in [1.165, 1.54) is 0 Å². The average molecular weight is 195 g/mol. The van der Waals surface area contributed by atoms with Crippen molar-refractivity contribution in [3.8, 4) is 0 Å². The number of ether oxygens (including phenoxy) is 1. The molecule has 1 aromatic heterocycles. The van der Waals surface area contributed by atoms with E-state index in [2.05, 4.69) is 5.32 Å². The van der Waals surface area contributed by atoms with Crippen molar-refractivity contribution < 1.29 is 13.9 Å². The van der Waals surface area contributed by atoms with E-state index in [9.17, 15) is 4.79 Å². The first kappa shape index (κ1) is 9.27. The molecule has 1 atom stereocenters. The van der Waals surface area contributed by atoms with Crippen LogP contribution in [0.1, 0.15) is 12.2 Å². The van der Waals surface area contributed by atoms with Gasteiger partial charge >= 0.3 is 0 Å². The van der Waals surface area contributed by atoms with Crippen molar-refractivity contribution in [3.05, 3.63) is 24.2 Å². The lowest BCUT2D eigenvalue weighted by atomic mass is 10.1. The highest BCUT2D eigenvalue weighted by atomic mass is 16.5. The fourth-order valence-electron chi connectivity index (χ4n) is 1.47. The summed E-state index contributed by atoms with van der Waals surface area (Å²) in [5, 5.41) is 2.81. The van der Waals surface area contributed by atoms with Gasteiger partial charge in [-0.15, -0.1) is 0 Å². The SMILES string of the molecule is O=C(NCc1ccco1)[C@H]1CCOC1. The highest BCUT2D eigenvalue weighted by Gasteiger charge is 2.23.